The predicted molar refractivity (Wildman–Crippen MR) is 111 cm³/mol. The van der Waals surface area contributed by atoms with Crippen LogP contribution in [0.15, 0.2) is 71.3 Å². The van der Waals surface area contributed by atoms with Crippen molar-refractivity contribution in [3.63, 3.8) is 0 Å². The normalized spacial score (nSPS) is 11.7. The molecule has 6 heteroatoms. The Bertz CT molecular complexity index is 933. The smallest absolute Gasteiger partial charge is 0.275 e. The molecule has 3 rings (SSSR count). The summed E-state index contributed by atoms with van der Waals surface area (Å²) >= 11 is 0. The highest BCUT2D eigenvalue weighted by Crippen LogP contribution is 2.19. The van der Waals surface area contributed by atoms with E-state index < -0.39 is 0 Å². The van der Waals surface area contributed by atoms with E-state index in [9.17, 15) is 9.59 Å². The maximum atomic E-state index is 12.3. The molecule has 6 nitrogen and oxygen atoms in total. The molecule has 0 fully saturated rings. The topological polar surface area (TPSA) is 88.0 Å². The van der Waals surface area contributed by atoms with Crippen LogP contribution in [0.1, 0.15) is 28.5 Å². The number of nitrogens with two attached hydrogens (primary N) is 1. The molecule has 0 unspecified atom stereocenters. The molecule has 0 bridgehead atoms. The summed E-state index contributed by atoms with van der Waals surface area (Å²) in [5, 5.41) is 7.44. The molecule has 0 saturated carbocycles. The van der Waals surface area contributed by atoms with Crippen LogP contribution in [0.4, 0.5) is 5.69 Å². The number of quaternary nitrogens is 1. The lowest BCUT2D eigenvalue weighted by Crippen LogP contribution is -2.87. The average molecular weight is 392 g/mol. The first-order chi connectivity index (χ1) is 14.0. The highest BCUT2D eigenvalue weighted by Gasteiger charge is 2.21. The van der Waals surface area contributed by atoms with Crippen LogP contribution in [-0.4, -0.2) is 24.9 Å². The molecule has 0 radical (unpaired) electrons. The second-order valence-corrected chi connectivity index (χ2v) is 6.94. The Morgan fingerprint density at radius 3 is 2.31 bits per heavy atom. The van der Waals surface area contributed by atoms with Crippen molar-refractivity contribution in [2.45, 2.75) is 19.9 Å². The molecule has 1 heterocycles. The standard InChI is InChI=1S/C23H25N3O3/c1-16-8-6-9-17(2)22(16)26-21(28)15-24-20(27)14-25-23(19-12-7-13-29-19)18-10-4-3-5-11-18/h3-13,23,25H,14-15H2,1-2H3,(H,24,27)(H,26,28)/p+1/t23-/m1/s1. The SMILES string of the molecule is Cc1cccc(C)c1NC(=O)CNC(=O)C[NH2+][C@H](c1ccccc1)c1ccco1. The van der Waals surface area contributed by atoms with Crippen molar-refractivity contribution >= 4 is 17.5 Å². The van der Waals surface area contributed by atoms with Crippen LogP contribution >= 0.6 is 0 Å². The fourth-order valence-electron chi connectivity index (χ4n) is 3.22. The largest absolute Gasteiger partial charge is 0.463 e. The third-order valence-electron chi connectivity index (χ3n) is 4.74. The molecular formula is C23H26N3O3+. The Kier molecular flexibility index (Phi) is 6.81. The highest BCUT2D eigenvalue weighted by atomic mass is 16.3. The Balaban J connectivity index is 1.53. The van der Waals surface area contributed by atoms with Crippen LogP contribution in [0.5, 0.6) is 0 Å². The molecule has 0 saturated heterocycles. The Morgan fingerprint density at radius 1 is 0.931 bits per heavy atom. The van der Waals surface area contributed by atoms with Gasteiger partial charge >= 0.3 is 0 Å². The van der Waals surface area contributed by atoms with Gasteiger partial charge < -0.3 is 20.4 Å². The lowest BCUT2D eigenvalue weighted by Gasteiger charge is -2.14. The van der Waals surface area contributed by atoms with Crippen LogP contribution in [0.2, 0.25) is 0 Å². The summed E-state index contributed by atoms with van der Waals surface area (Å²) in [7, 11) is 0. The van der Waals surface area contributed by atoms with E-state index in [1.165, 1.54) is 0 Å². The van der Waals surface area contributed by atoms with E-state index in [-0.39, 0.29) is 30.9 Å². The number of hydrogen-bond acceptors (Lipinski definition) is 3. The molecule has 1 aromatic heterocycles. The van der Waals surface area contributed by atoms with Crippen molar-refractivity contribution in [1.82, 2.24) is 5.32 Å². The summed E-state index contributed by atoms with van der Waals surface area (Å²) in [6, 6.07) is 19.3. The first-order valence-electron chi connectivity index (χ1n) is 9.59. The van der Waals surface area contributed by atoms with Crippen LogP contribution in [0, 0.1) is 13.8 Å². The van der Waals surface area contributed by atoms with E-state index in [0.717, 1.165) is 28.1 Å². The molecule has 29 heavy (non-hydrogen) atoms. The summed E-state index contributed by atoms with van der Waals surface area (Å²) in [5.41, 5.74) is 3.81. The van der Waals surface area contributed by atoms with Gasteiger partial charge in [0, 0.05) is 11.3 Å². The van der Waals surface area contributed by atoms with Gasteiger partial charge in [0.05, 0.1) is 12.8 Å². The van der Waals surface area contributed by atoms with Gasteiger partial charge in [-0.25, -0.2) is 0 Å². The molecular weight excluding hydrogens is 366 g/mol. The highest BCUT2D eigenvalue weighted by molar-refractivity contribution is 5.95. The first-order valence-corrected chi connectivity index (χ1v) is 9.59. The van der Waals surface area contributed by atoms with Gasteiger partial charge in [0.25, 0.3) is 5.91 Å². The quantitative estimate of drug-likeness (QED) is 0.550. The molecule has 0 spiro atoms. The lowest BCUT2D eigenvalue weighted by molar-refractivity contribution is -0.678. The van der Waals surface area contributed by atoms with Crippen LogP contribution in [-0.2, 0) is 9.59 Å². The maximum Gasteiger partial charge on any atom is 0.275 e. The summed E-state index contributed by atoms with van der Waals surface area (Å²) in [4.78, 5) is 24.5. The van der Waals surface area contributed by atoms with Gasteiger partial charge in [-0.15, -0.1) is 0 Å². The van der Waals surface area contributed by atoms with Gasteiger partial charge in [-0.05, 0) is 37.1 Å². The lowest BCUT2D eigenvalue weighted by atomic mass is 10.0. The second kappa shape index (κ2) is 9.71. The van der Waals surface area contributed by atoms with Gasteiger partial charge in [0.1, 0.15) is 0 Å². The summed E-state index contributed by atoms with van der Waals surface area (Å²) in [6.45, 7) is 3.98. The fraction of sp³-hybridized carbons (Fsp3) is 0.217. The van der Waals surface area contributed by atoms with Crippen LogP contribution in [0.25, 0.3) is 0 Å². The third-order valence-corrected chi connectivity index (χ3v) is 4.74. The molecule has 0 aliphatic heterocycles. The van der Waals surface area contributed by atoms with Crippen LogP contribution < -0.4 is 16.0 Å². The minimum absolute atomic E-state index is 0.0722. The molecule has 1 atom stereocenters. The van der Waals surface area contributed by atoms with Gasteiger partial charge in [0.15, 0.2) is 18.3 Å². The molecule has 2 amide bonds. The number of rotatable bonds is 8. The Hall–Kier alpha value is -3.38. The molecule has 3 aromatic rings. The van der Waals surface area contributed by atoms with Crippen molar-refractivity contribution in [2.75, 3.05) is 18.4 Å². The van der Waals surface area contributed by atoms with Crippen molar-refractivity contribution in [3.8, 4) is 0 Å². The van der Waals surface area contributed by atoms with Gasteiger partial charge in [-0.3, -0.25) is 9.59 Å². The minimum Gasteiger partial charge on any atom is -0.463 e. The predicted octanol–water partition coefficient (Wildman–Crippen LogP) is 2.30. The molecule has 0 aliphatic carbocycles. The number of para-hydroxylation sites is 1. The van der Waals surface area contributed by atoms with E-state index in [4.69, 9.17) is 4.42 Å². The number of hydrogen-bond donors (Lipinski definition) is 3. The Morgan fingerprint density at radius 2 is 1.66 bits per heavy atom. The number of furan rings is 1. The number of nitrogens with one attached hydrogen (secondary N) is 2. The number of carbonyl (C=O) groups excluding carboxylic acids is 2. The zero-order valence-electron chi connectivity index (χ0n) is 16.6. The van der Waals surface area contributed by atoms with Crippen molar-refractivity contribution < 1.29 is 19.3 Å². The zero-order chi connectivity index (χ0) is 20.6. The average Bonchev–Trinajstić information content (AvgIpc) is 3.25. The first kappa shape index (κ1) is 20.4. The monoisotopic (exact) mass is 392 g/mol. The van der Waals surface area contributed by atoms with Gasteiger partial charge in [-0.2, -0.15) is 0 Å². The van der Waals surface area contributed by atoms with Gasteiger partial charge in [-0.1, -0.05) is 48.5 Å². The number of anilines is 1. The van der Waals surface area contributed by atoms with E-state index in [1.807, 2.05) is 79.8 Å². The third kappa shape index (κ3) is 5.56. The van der Waals surface area contributed by atoms with Crippen molar-refractivity contribution in [3.05, 3.63) is 89.4 Å². The number of amides is 2. The van der Waals surface area contributed by atoms with E-state index in [1.54, 1.807) is 6.26 Å². The molecule has 150 valence electrons. The van der Waals surface area contributed by atoms with Gasteiger partial charge in [0.2, 0.25) is 5.91 Å². The van der Waals surface area contributed by atoms with Crippen LogP contribution in [0.3, 0.4) is 0 Å². The number of benzene rings is 2. The Labute approximate surface area is 170 Å². The van der Waals surface area contributed by atoms with E-state index in [2.05, 4.69) is 10.6 Å². The van der Waals surface area contributed by atoms with Crippen molar-refractivity contribution in [1.29, 1.82) is 0 Å². The van der Waals surface area contributed by atoms with E-state index >= 15 is 0 Å². The fourth-order valence-corrected chi connectivity index (χ4v) is 3.22. The number of carbonyl (C=O) groups is 2. The summed E-state index contributed by atoms with van der Waals surface area (Å²) in [5.74, 6) is 0.312. The molecule has 4 N–H and O–H groups in total. The molecule has 2 aromatic carbocycles. The minimum atomic E-state index is -0.249. The summed E-state index contributed by atoms with van der Waals surface area (Å²) in [6.07, 6.45) is 1.62. The second-order valence-electron chi connectivity index (χ2n) is 6.94. The molecule has 0 aliphatic rings. The summed E-state index contributed by atoms with van der Waals surface area (Å²) < 4.78 is 5.54. The number of aryl methyl sites for hydroxylation is 2. The zero-order valence-corrected chi connectivity index (χ0v) is 16.6. The van der Waals surface area contributed by atoms with E-state index in [0.29, 0.717) is 0 Å². The van der Waals surface area contributed by atoms with Crippen molar-refractivity contribution in [2.24, 2.45) is 0 Å². The maximum absolute atomic E-state index is 12.3.